The molecule has 0 fully saturated rings. The first-order valence-electron chi connectivity index (χ1n) is 9.50. The molecule has 5 aromatic rings. The maximum Gasteiger partial charge on any atom is 0.416 e. The number of pyridine rings is 1. The number of hydrogen-bond acceptors (Lipinski definition) is 4. The first kappa shape index (κ1) is 19.0. The number of aromatic nitrogens is 1. The van der Waals surface area contributed by atoms with Crippen molar-refractivity contribution in [3.8, 4) is 0 Å². The van der Waals surface area contributed by atoms with E-state index < -0.39 is 11.7 Å². The van der Waals surface area contributed by atoms with Crippen molar-refractivity contribution in [1.29, 1.82) is 0 Å². The van der Waals surface area contributed by atoms with Crippen molar-refractivity contribution in [2.45, 2.75) is 6.18 Å². The number of halogens is 3. The summed E-state index contributed by atoms with van der Waals surface area (Å²) in [7, 11) is 0. The third-order valence-electron chi connectivity index (χ3n) is 5.16. The number of hydrogen-bond donors (Lipinski definition) is 1. The summed E-state index contributed by atoms with van der Waals surface area (Å²) in [6, 6.07) is 22.0. The Labute approximate surface area is 174 Å². The number of nitrogens with zero attached hydrogens (tertiary/aromatic N) is 3. The van der Waals surface area contributed by atoms with Crippen LogP contribution >= 0.6 is 0 Å². The van der Waals surface area contributed by atoms with Crippen LogP contribution in [0.1, 0.15) is 5.56 Å². The SMILES string of the molecule is Nc1c2cc(C(F)(F)F)ccc2nc2c1cc(N=Nc1ccccc1)c1ccccc12. The van der Waals surface area contributed by atoms with Crippen molar-refractivity contribution in [3.05, 3.63) is 84.4 Å². The fourth-order valence-electron chi connectivity index (χ4n) is 3.65. The second-order valence-corrected chi connectivity index (χ2v) is 7.13. The number of alkyl halides is 3. The Morgan fingerprint density at radius 2 is 1.42 bits per heavy atom. The number of azo groups is 1. The fourth-order valence-corrected chi connectivity index (χ4v) is 3.65. The highest BCUT2D eigenvalue weighted by atomic mass is 19.4. The van der Waals surface area contributed by atoms with E-state index in [2.05, 4.69) is 15.2 Å². The smallest absolute Gasteiger partial charge is 0.398 e. The second-order valence-electron chi connectivity index (χ2n) is 7.13. The molecule has 0 saturated heterocycles. The summed E-state index contributed by atoms with van der Waals surface area (Å²) in [5.74, 6) is 0. The van der Waals surface area contributed by atoms with Gasteiger partial charge in [-0.2, -0.15) is 18.3 Å². The molecule has 0 aliphatic carbocycles. The Balaban J connectivity index is 1.80. The molecule has 31 heavy (non-hydrogen) atoms. The first-order valence-corrected chi connectivity index (χ1v) is 9.50. The quantitative estimate of drug-likeness (QED) is 0.183. The number of anilines is 1. The Hall–Kier alpha value is -4.00. The van der Waals surface area contributed by atoms with E-state index in [-0.39, 0.29) is 11.1 Å². The highest BCUT2D eigenvalue weighted by Gasteiger charge is 2.30. The maximum atomic E-state index is 13.2. The number of fused-ring (bicyclic) bond motifs is 4. The van der Waals surface area contributed by atoms with Crippen molar-refractivity contribution < 1.29 is 13.2 Å². The second kappa shape index (κ2) is 7.05. The predicted molar refractivity (Wildman–Crippen MR) is 117 cm³/mol. The van der Waals surface area contributed by atoms with Gasteiger partial charge in [-0.05, 0) is 36.4 Å². The Kier molecular flexibility index (Phi) is 4.32. The summed E-state index contributed by atoms with van der Waals surface area (Å²) >= 11 is 0. The van der Waals surface area contributed by atoms with Gasteiger partial charge in [0.1, 0.15) is 0 Å². The molecule has 4 nitrogen and oxygen atoms in total. The summed E-state index contributed by atoms with van der Waals surface area (Å²) < 4.78 is 39.6. The van der Waals surface area contributed by atoms with Crippen LogP contribution in [0.2, 0.25) is 0 Å². The normalized spacial score (nSPS) is 12.4. The molecule has 0 bridgehead atoms. The number of benzene rings is 4. The van der Waals surface area contributed by atoms with Gasteiger partial charge in [0.05, 0.1) is 33.7 Å². The average Bonchev–Trinajstić information content (AvgIpc) is 2.78. The lowest BCUT2D eigenvalue weighted by atomic mass is 10.00. The van der Waals surface area contributed by atoms with Gasteiger partial charge in [-0.1, -0.05) is 42.5 Å². The zero-order chi connectivity index (χ0) is 21.6. The van der Waals surface area contributed by atoms with Crippen LogP contribution < -0.4 is 5.73 Å². The standard InChI is InChI=1S/C24H15F3N4/c25-24(26,27)14-10-11-20-18(12-14)22(28)19-13-21(31-30-15-6-2-1-3-7-15)16-8-4-5-9-17(16)23(19)29-20/h1-13H,(H2,28,29). The van der Waals surface area contributed by atoms with Gasteiger partial charge in [-0.25, -0.2) is 4.98 Å². The monoisotopic (exact) mass is 416 g/mol. The van der Waals surface area contributed by atoms with Gasteiger partial charge in [0.2, 0.25) is 0 Å². The lowest BCUT2D eigenvalue weighted by Gasteiger charge is -2.13. The molecule has 2 N–H and O–H groups in total. The van der Waals surface area contributed by atoms with Crippen molar-refractivity contribution >= 4 is 49.6 Å². The van der Waals surface area contributed by atoms with Crippen LogP contribution in [0.3, 0.4) is 0 Å². The highest BCUT2D eigenvalue weighted by Crippen LogP contribution is 2.40. The van der Waals surface area contributed by atoms with Crippen molar-refractivity contribution in [2.24, 2.45) is 10.2 Å². The molecule has 7 heteroatoms. The molecule has 0 amide bonds. The van der Waals surface area contributed by atoms with E-state index in [1.165, 1.54) is 6.07 Å². The largest absolute Gasteiger partial charge is 0.416 e. The number of nitrogen functional groups attached to an aromatic ring is 1. The van der Waals surface area contributed by atoms with E-state index in [0.29, 0.717) is 27.8 Å². The third kappa shape index (κ3) is 3.34. The third-order valence-corrected chi connectivity index (χ3v) is 5.16. The van der Waals surface area contributed by atoms with Crippen molar-refractivity contribution in [2.75, 3.05) is 5.73 Å². The van der Waals surface area contributed by atoms with Gasteiger partial charge < -0.3 is 5.73 Å². The molecule has 0 aliphatic heterocycles. The van der Waals surface area contributed by atoms with Gasteiger partial charge in [0, 0.05) is 21.5 Å². The van der Waals surface area contributed by atoms with Crippen LogP contribution in [0.5, 0.6) is 0 Å². The summed E-state index contributed by atoms with van der Waals surface area (Å²) in [6.07, 6.45) is -4.46. The molecule has 0 unspecified atom stereocenters. The van der Waals surface area contributed by atoms with E-state index in [4.69, 9.17) is 5.73 Å². The van der Waals surface area contributed by atoms with Crippen LogP contribution in [0.15, 0.2) is 89.1 Å². The van der Waals surface area contributed by atoms with Gasteiger partial charge in [-0.3, -0.25) is 0 Å². The molecular formula is C24H15F3N4. The minimum Gasteiger partial charge on any atom is -0.398 e. The zero-order valence-electron chi connectivity index (χ0n) is 16.1. The molecule has 0 atom stereocenters. The molecule has 0 aliphatic rings. The molecule has 0 spiro atoms. The van der Waals surface area contributed by atoms with Crippen LogP contribution in [0, 0.1) is 0 Å². The predicted octanol–water partition coefficient (Wildman–Crippen LogP) is 7.56. The summed E-state index contributed by atoms with van der Waals surface area (Å²) in [4.78, 5) is 4.63. The maximum absolute atomic E-state index is 13.2. The molecular weight excluding hydrogens is 401 g/mol. The van der Waals surface area contributed by atoms with Gasteiger partial charge in [0.25, 0.3) is 0 Å². The van der Waals surface area contributed by atoms with Crippen molar-refractivity contribution in [3.63, 3.8) is 0 Å². The van der Waals surface area contributed by atoms with Crippen molar-refractivity contribution in [1.82, 2.24) is 4.98 Å². The van der Waals surface area contributed by atoms with E-state index in [1.807, 2.05) is 54.6 Å². The van der Waals surface area contributed by atoms with Crippen LogP contribution in [-0.4, -0.2) is 4.98 Å². The molecule has 5 rings (SSSR count). The Morgan fingerprint density at radius 1 is 0.710 bits per heavy atom. The minimum atomic E-state index is -4.46. The lowest BCUT2D eigenvalue weighted by Crippen LogP contribution is -2.05. The van der Waals surface area contributed by atoms with Gasteiger partial charge in [-0.15, -0.1) is 5.11 Å². The van der Waals surface area contributed by atoms with E-state index in [9.17, 15) is 13.2 Å². The van der Waals surface area contributed by atoms with Gasteiger partial charge in [0.15, 0.2) is 0 Å². The highest BCUT2D eigenvalue weighted by molar-refractivity contribution is 6.18. The van der Waals surface area contributed by atoms with Crippen LogP contribution in [0.25, 0.3) is 32.6 Å². The molecule has 1 heterocycles. The summed E-state index contributed by atoms with van der Waals surface area (Å²) in [5, 5.41) is 11.1. The first-order chi connectivity index (χ1) is 14.9. The molecule has 1 aromatic heterocycles. The zero-order valence-corrected chi connectivity index (χ0v) is 16.1. The fraction of sp³-hybridized carbons (Fsp3) is 0.0417. The molecule has 4 aromatic carbocycles. The topological polar surface area (TPSA) is 63.6 Å². The Bertz CT molecular complexity index is 1480. The summed E-state index contributed by atoms with van der Waals surface area (Å²) in [6.45, 7) is 0. The molecule has 0 radical (unpaired) electrons. The molecule has 0 saturated carbocycles. The minimum absolute atomic E-state index is 0.230. The Morgan fingerprint density at radius 3 is 2.16 bits per heavy atom. The molecule has 152 valence electrons. The van der Waals surface area contributed by atoms with Crippen LogP contribution in [-0.2, 0) is 6.18 Å². The summed E-state index contributed by atoms with van der Waals surface area (Å²) in [5.41, 5.74) is 8.08. The number of nitrogens with two attached hydrogens (primary N) is 1. The van der Waals surface area contributed by atoms with E-state index in [0.717, 1.165) is 22.9 Å². The average molecular weight is 416 g/mol. The van der Waals surface area contributed by atoms with E-state index in [1.54, 1.807) is 6.07 Å². The van der Waals surface area contributed by atoms with Crippen LogP contribution in [0.4, 0.5) is 30.2 Å². The van der Waals surface area contributed by atoms with Gasteiger partial charge >= 0.3 is 6.18 Å². The number of rotatable bonds is 2. The lowest BCUT2D eigenvalue weighted by molar-refractivity contribution is -0.137. The van der Waals surface area contributed by atoms with E-state index >= 15 is 0 Å².